The summed E-state index contributed by atoms with van der Waals surface area (Å²) in [5.74, 6) is 2.50. The van der Waals surface area contributed by atoms with Gasteiger partial charge in [0, 0.05) is 0 Å². The largest absolute Gasteiger partial charge is 0.388 e. The summed E-state index contributed by atoms with van der Waals surface area (Å²) in [6.07, 6.45) is 14.1. The topological polar surface area (TPSA) is 20.2 Å². The van der Waals surface area contributed by atoms with Gasteiger partial charge in [-0.05, 0) is 80.1 Å². The molecule has 128 valence electrons. The van der Waals surface area contributed by atoms with Gasteiger partial charge in [-0.25, -0.2) is 0 Å². The van der Waals surface area contributed by atoms with Crippen molar-refractivity contribution < 1.29 is 5.11 Å². The van der Waals surface area contributed by atoms with Gasteiger partial charge in [-0.3, -0.25) is 0 Å². The molecule has 23 heavy (non-hydrogen) atoms. The van der Waals surface area contributed by atoms with Gasteiger partial charge in [0.15, 0.2) is 0 Å². The van der Waals surface area contributed by atoms with E-state index in [0.717, 1.165) is 42.6 Å². The fourth-order valence-electron chi connectivity index (χ4n) is 5.73. The lowest BCUT2D eigenvalue weighted by molar-refractivity contribution is 0.104. The number of hydrogen-bond donors (Lipinski definition) is 1. The molecule has 4 atom stereocenters. The number of aliphatic hydroxyl groups excluding tert-OH is 1. The third kappa shape index (κ3) is 3.22. The third-order valence-electron chi connectivity index (χ3n) is 7.07. The average Bonchev–Trinajstić information content (AvgIpc) is 2.86. The van der Waals surface area contributed by atoms with Crippen molar-refractivity contribution in [1.29, 1.82) is 0 Å². The summed E-state index contributed by atoms with van der Waals surface area (Å²) in [4.78, 5) is 0. The summed E-state index contributed by atoms with van der Waals surface area (Å²) in [5, 5.41) is 10.0. The van der Waals surface area contributed by atoms with Crippen LogP contribution in [0.15, 0.2) is 35.5 Å². The lowest BCUT2D eigenvalue weighted by Gasteiger charge is -2.43. The smallest absolute Gasteiger partial charge is 0.0784 e. The van der Waals surface area contributed by atoms with Crippen LogP contribution in [0.1, 0.15) is 72.1 Å². The van der Waals surface area contributed by atoms with Crippen LogP contribution >= 0.6 is 0 Å². The fraction of sp³-hybridized carbons (Fsp3) is 0.727. The van der Waals surface area contributed by atoms with Crippen LogP contribution in [-0.2, 0) is 0 Å². The first-order valence-corrected chi connectivity index (χ1v) is 9.66. The number of aliphatic hydroxyl groups is 1. The van der Waals surface area contributed by atoms with Gasteiger partial charge in [-0.2, -0.15) is 0 Å². The van der Waals surface area contributed by atoms with Crippen LogP contribution in [0.3, 0.4) is 0 Å². The molecule has 0 amide bonds. The lowest BCUT2D eigenvalue weighted by atomic mass is 9.61. The van der Waals surface area contributed by atoms with Gasteiger partial charge < -0.3 is 5.11 Å². The molecule has 0 aliphatic heterocycles. The highest BCUT2D eigenvalue weighted by atomic mass is 16.3. The molecule has 3 aliphatic carbocycles. The van der Waals surface area contributed by atoms with Crippen molar-refractivity contribution in [2.24, 2.45) is 23.2 Å². The zero-order chi connectivity index (χ0) is 16.6. The predicted molar refractivity (Wildman–Crippen MR) is 98.2 cm³/mol. The van der Waals surface area contributed by atoms with Gasteiger partial charge in [0.2, 0.25) is 0 Å². The van der Waals surface area contributed by atoms with Gasteiger partial charge in [-0.15, -0.1) is 0 Å². The molecular weight excluding hydrogens is 280 g/mol. The lowest BCUT2D eigenvalue weighted by Crippen LogP contribution is -2.35. The zero-order valence-electron chi connectivity index (χ0n) is 15.3. The molecule has 3 unspecified atom stereocenters. The molecule has 3 aliphatic rings. The van der Waals surface area contributed by atoms with E-state index in [1.807, 2.05) is 0 Å². The van der Waals surface area contributed by atoms with Crippen molar-refractivity contribution in [3.8, 4) is 0 Å². The van der Waals surface area contributed by atoms with Crippen LogP contribution in [0, 0.1) is 23.2 Å². The SMILES string of the molecule is C=C1CC/C(=C/C=C2\CCCC3(C)C2CCC3C(C)C)C[C@H]1O. The second-order valence-electron chi connectivity index (χ2n) is 8.78. The van der Waals surface area contributed by atoms with E-state index < -0.39 is 0 Å². The van der Waals surface area contributed by atoms with Crippen molar-refractivity contribution in [2.45, 2.75) is 78.2 Å². The first-order valence-electron chi connectivity index (χ1n) is 9.66. The van der Waals surface area contributed by atoms with Crippen molar-refractivity contribution in [1.82, 2.24) is 0 Å². The Morgan fingerprint density at radius 1 is 1.17 bits per heavy atom. The molecule has 0 saturated heterocycles. The average molecular weight is 315 g/mol. The van der Waals surface area contributed by atoms with E-state index in [2.05, 4.69) is 39.5 Å². The Balaban J connectivity index is 1.77. The van der Waals surface area contributed by atoms with Crippen LogP contribution < -0.4 is 0 Å². The van der Waals surface area contributed by atoms with Crippen molar-refractivity contribution in [3.05, 3.63) is 35.5 Å². The number of fused-ring (bicyclic) bond motifs is 1. The molecule has 1 nitrogen and oxygen atoms in total. The van der Waals surface area contributed by atoms with Crippen LogP contribution in [0.4, 0.5) is 0 Å². The van der Waals surface area contributed by atoms with Gasteiger partial charge in [0.1, 0.15) is 0 Å². The minimum atomic E-state index is -0.318. The van der Waals surface area contributed by atoms with E-state index in [4.69, 9.17) is 0 Å². The van der Waals surface area contributed by atoms with E-state index in [1.54, 1.807) is 5.57 Å². The highest BCUT2D eigenvalue weighted by Crippen LogP contribution is 2.59. The van der Waals surface area contributed by atoms with Crippen LogP contribution in [0.2, 0.25) is 0 Å². The van der Waals surface area contributed by atoms with Crippen molar-refractivity contribution in [3.63, 3.8) is 0 Å². The maximum Gasteiger partial charge on any atom is 0.0784 e. The normalized spacial score (nSPS) is 41.8. The van der Waals surface area contributed by atoms with Crippen molar-refractivity contribution in [2.75, 3.05) is 0 Å². The van der Waals surface area contributed by atoms with E-state index in [0.29, 0.717) is 5.41 Å². The van der Waals surface area contributed by atoms with E-state index >= 15 is 0 Å². The molecule has 0 aromatic rings. The predicted octanol–water partition coefficient (Wildman–Crippen LogP) is 5.81. The summed E-state index contributed by atoms with van der Waals surface area (Å²) >= 11 is 0. The Morgan fingerprint density at radius 3 is 2.65 bits per heavy atom. The summed E-state index contributed by atoms with van der Waals surface area (Å²) in [6.45, 7) is 11.3. The molecule has 0 aromatic carbocycles. The van der Waals surface area contributed by atoms with Crippen molar-refractivity contribution >= 4 is 0 Å². The maximum absolute atomic E-state index is 10.0. The molecule has 0 spiro atoms. The monoisotopic (exact) mass is 314 g/mol. The highest BCUT2D eigenvalue weighted by Gasteiger charge is 2.49. The minimum absolute atomic E-state index is 0.318. The summed E-state index contributed by atoms with van der Waals surface area (Å²) in [5.41, 5.74) is 4.63. The molecule has 3 fully saturated rings. The molecule has 0 bridgehead atoms. The van der Waals surface area contributed by atoms with Gasteiger partial charge in [0.05, 0.1) is 6.10 Å². The van der Waals surface area contributed by atoms with Crippen LogP contribution in [0.25, 0.3) is 0 Å². The minimum Gasteiger partial charge on any atom is -0.388 e. The summed E-state index contributed by atoms with van der Waals surface area (Å²) in [6, 6.07) is 0. The molecule has 3 saturated carbocycles. The number of rotatable bonds is 2. The first kappa shape index (κ1) is 17.0. The van der Waals surface area contributed by atoms with Crippen LogP contribution in [0.5, 0.6) is 0 Å². The number of allylic oxidation sites excluding steroid dienone is 3. The molecule has 1 heteroatoms. The number of hydrogen-bond acceptors (Lipinski definition) is 1. The Morgan fingerprint density at radius 2 is 1.96 bits per heavy atom. The van der Waals surface area contributed by atoms with Gasteiger partial charge in [-0.1, -0.05) is 50.6 Å². The van der Waals surface area contributed by atoms with E-state index in [-0.39, 0.29) is 6.10 Å². The fourth-order valence-corrected chi connectivity index (χ4v) is 5.73. The zero-order valence-corrected chi connectivity index (χ0v) is 15.3. The Labute approximate surface area is 142 Å². The third-order valence-corrected chi connectivity index (χ3v) is 7.07. The molecule has 0 heterocycles. The summed E-state index contributed by atoms with van der Waals surface area (Å²) < 4.78 is 0. The highest BCUT2D eigenvalue weighted by molar-refractivity contribution is 5.27. The van der Waals surface area contributed by atoms with Crippen LogP contribution in [-0.4, -0.2) is 11.2 Å². The molecular formula is C22H34O. The first-order chi connectivity index (χ1) is 10.9. The maximum atomic E-state index is 10.0. The second-order valence-corrected chi connectivity index (χ2v) is 8.78. The summed E-state index contributed by atoms with van der Waals surface area (Å²) in [7, 11) is 0. The standard InChI is InChI=1S/C22H34O/c1-15(2)19-11-12-20-18(6-5-13-22(19,20)4)10-9-17-8-7-16(3)21(23)14-17/h9-10,15,19-21,23H,3,5-8,11-14H2,1-2,4H3/b17-9-,18-10+/t19?,20?,21-,22?/m1/s1. The Kier molecular flexibility index (Phi) is 4.88. The van der Waals surface area contributed by atoms with E-state index in [1.165, 1.54) is 37.7 Å². The Hall–Kier alpha value is -0.820. The molecule has 1 N–H and O–H groups in total. The van der Waals surface area contributed by atoms with Gasteiger partial charge >= 0.3 is 0 Å². The molecule has 0 radical (unpaired) electrons. The van der Waals surface area contributed by atoms with E-state index in [9.17, 15) is 5.11 Å². The molecule has 3 rings (SSSR count). The molecule has 0 aromatic heterocycles. The van der Waals surface area contributed by atoms with Gasteiger partial charge in [0.25, 0.3) is 0 Å². The Bertz CT molecular complexity index is 524. The quantitative estimate of drug-likeness (QED) is 0.637. The second kappa shape index (κ2) is 6.59.